The van der Waals surface area contributed by atoms with E-state index in [1.807, 2.05) is 0 Å². The van der Waals surface area contributed by atoms with Gasteiger partial charge < -0.3 is 5.11 Å². The van der Waals surface area contributed by atoms with Gasteiger partial charge in [0.15, 0.2) is 0 Å². The van der Waals surface area contributed by atoms with E-state index in [2.05, 4.69) is 0 Å². The number of rotatable bonds is 1. The summed E-state index contributed by atoms with van der Waals surface area (Å²) in [6.07, 6.45) is -1.14. The molecular weight excluding hydrogens is 198 g/mol. The number of aliphatic hydroxyl groups is 1. The van der Waals surface area contributed by atoms with Crippen molar-refractivity contribution in [1.82, 2.24) is 0 Å². The number of aliphatic hydroxyl groups excluding tert-OH is 1. The van der Waals surface area contributed by atoms with E-state index in [4.69, 9.17) is 0 Å². The standard InChI is InChI=1S/C12H16F2O/c1-7-5-6-8(13)9(10(7)14)11(15)12(2,3)4/h5-6,11,15H,1-4H3. The minimum Gasteiger partial charge on any atom is -0.388 e. The number of hydrogen-bond donors (Lipinski definition) is 1. The fourth-order valence-corrected chi connectivity index (χ4v) is 1.36. The Labute approximate surface area is 88.7 Å². The lowest BCUT2D eigenvalue weighted by molar-refractivity contribution is 0.0559. The van der Waals surface area contributed by atoms with Crippen LogP contribution < -0.4 is 0 Å². The monoisotopic (exact) mass is 214 g/mol. The normalized spacial score (nSPS) is 14.1. The molecule has 1 rings (SSSR count). The Morgan fingerprint density at radius 2 is 1.73 bits per heavy atom. The van der Waals surface area contributed by atoms with E-state index in [1.165, 1.54) is 12.1 Å². The van der Waals surface area contributed by atoms with Crippen molar-refractivity contribution in [3.63, 3.8) is 0 Å². The van der Waals surface area contributed by atoms with Crippen LogP contribution in [0.2, 0.25) is 0 Å². The third kappa shape index (κ3) is 2.34. The Kier molecular flexibility index (Phi) is 3.14. The molecule has 0 amide bonds. The van der Waals surface area contributed by atoms with Gasteiger partial charge in [-0.2, -0.15) is 0 Å². The lowest BCUT2D eigenvalue weighted by Gasteiger charge is -2.27. The Bertz CT molecular complexity index is 367. The summed E-state index contributed by atoms with van der Waals surface area (Å²) in [7, 11) is 0. The fourth-order valence-electron chi connectivity index (χ4n) is 1.36. The van der Waals surface area contributed by atoms with E-state index in [9.17, 15) is 13.9 Å². The van der Waals surface area contributed by atoms with Crippen LogP contribution in [-0.4, -0.2) is 5.11 Å². The summed E-state index contributed by atoms with van der Waals surface area (Å²) in [6, 6.07) is 2.55. The number of hydrogen-bond acceptors (Lipinski definition) is 1. The Hall–Kier alpha value is -0.960. The molecule has 3 heteroatoms. The first kappa shape index (κ1) is 12.1. The molecular formula is C12H16F2O. The maximum atomic E-state index is 13.6. The average Bonchev–Trinajstić information content (AvgIpc) is 2.10. The highest BCUT2D eigenvalue weighted by atomic mass is 19.1. The fraction of sp³-hybridized carbons (Fsp3) is 0.500. The summed E-state index contributed by atoms with van der Waals surface area (Å²) in [5.41, 5.74) is -0.479. The van der Waals surface area contributed by atoms with Crippen molar-refractivity contribution >= 4 is 0 Å². The van der Waals surface area contributed by atoms with Gasteiger partial charge in [0.25, 0.3) is 0 Å². The van der Waals surface area contributed by atoms with Gasteiger partial charge in [-0.3, -0.25) is 0 Å². The van der Waals surface area contributed by atoms with Gasteiger partial charge in [-0.1, -0.05) is 26.8 Å². The molecule has 0 heterocycles. The average molecular weight is 214 g/mol. The number of benzene rings is 1. The molecule has 0 aliphatic heterocycles. The molecule has 0 bridgehead atoms. The van der Waals surface area contributed by atoms with Crippen molar-refractivity contribution in [2.75, 3.05) is 0 Å². The van der Waals surface area contributed by atoms with Gasteiger partial charge in [0.1, 0.15) is 11.6 Å². The van der Waals surface area contributed by atoms with Gasteiger partial charge in [-0.25, -0.2) is 8.78 Å². The minimum absolute atomic E-state index is 0.234. The second-order valence-corrected chi connectivity index (χ2v) is 4.86. The maximum absolute atomic E-state index is 13.6. The van der Waals surface area contributed by atoms with E-state index < -0.39 is 23.2 Å². The zero-order chi connectivity index (χ0) is 11.8. The van der Waals surface area contributed by atoms with E-state index in [-0.39, 0.29) is 5.56 Å². The van der Waals surface area contributed by atoms with Crippen LogP contribution in [0.1, 0.15) is 38.0 Å². The first-order valence-electron chi connectivity index (χ1n) is 4.87. The molecule has 1 unspecified atom stereocenters. The van der Waals surface area contributed by atoms with E-state index in [1.54, 1.807) is 27.7 Å². The van der Waals surface area contributed by atoms with Gasteiger partial charge in [-0.15, -0.1) is 0 Å². The van der Waals surface area contributed by atoms with E-state index in [0.717, 1.165) is 0 Å². The van der Waals surface area contributed by atoms with Crippen LogP contribution >= 0.6 is 0 Å². The zero-order valence-electron chi connectivity index (χ0n) is 9.44. The molecule has 0 aromatic heterocycles. The summed E-state index contributed by atoms with van der Waals surface area (Å²) >= 11 is 0. The van der Waals surface area contributed by atoms with Crippen LogP contribution in [0.3, 0.4) is 0 Å². The number of aryl methyl sites for hydroxylation is 1. The van der Waals surface area contributed by atoms with E-state index in [0.29, 0.717) is 5.56 Å². The van der Waals surface area contributed by atoms with E-state index >= 15 is 0 Å². The van der Waals surface area contributed by atoms with Crippen molar-refractivity contribution in [3.05, 3.63) is 34.9 Å². The molecule has 1 aromatic rings. The largest absolute Gasteiger partial charge is 0.388 e. The second-order valence-electron chi connectivity index (χ2n) is 4.86. The Morgan fingerprint density at radius 3 is 2.20 bits per heavy atom. The van der Waals surface area contributed by atoms with Crippen LogP contribution in [0.15, 0.2) is 12.1 Å². The van der Waals surface area contributed by atoms with Gasteiger partial charge in [0, 0.05) is 0 Å². The predicted molar refractivity (Wildman–Crippen MR) is 55.5 cm³/mol. The topological polar surface area (TPSA) is 20.2 Å². The Balaban J connectivity index is 3.31. The van der Waals surface area contributed by atoms with Crippen molar-refractivity contribution in [1.29, 1.82) is 0 Å². The summed E-state index contributed by atoms with van der Waals surface area (Å²) in [5, 5.41) is 9.86. The molecule has 0 saturated carbocycles. The second kappa shape index (κ2) is 3.89. The Morgan fingerprint density at radius 1 is 1.20 bits per heavy atom. The first-order chi connectivity index (χ1) is 6.75. The lowest BCUT2D eigenvalue weighted by Crippen LogP contribution is -2.20. The molecule has 1 nitrogen and oxygen atoms in total. The van der Waals surface area contributed by atoms with Crippen molar-refractivity contribution in [2.45, 2.75) is 33.8 Å². The summed E-state index contributed by atoms with van der Waals surface area (Å²) in [5.74, 6) is -1.35. The minimum atomic E-state index is -1.14. The predicted octanol–water partition coefficient (Wildman–Crippen LogP) is 3.35. The molecule has 0 fully saturated rings. The van der Waals surface area contributed by atoms with Gasteiger partial charge in [0.2, 0.25) is 0 Å². The molecule has 0 spiro atoms. The van der Waals surface area contributed by atoms with Crippen LogP contribution in [0.25, 0.3) is 0 Å². The van der Waals surface area contributed by atoms with Crippen molar-refractivity contribution < 1.29 is 13.9 Å². The van der Waals surface area contributed by atoms with Crippen LogP contribution in [0.5, 0.6) is 0 Å². The molecule has 0 aliphatic rings. The number of halogens is 2. The SMILES string of the molecule is Cc1ccc(F)c(C(O)C(C)(C)C)c1F. The highest BCUT2D eigenvalue weighted by Gasteiger charge is 2.29. The smallest absolute Gasteiger partial charge is 0.134 e. The molecule has 84 valence electrons. The third-order valence-electron chi connectivity index (χ3n) is 2.41. The molecule has 1 atom stereocenters. The first-order valence-corrected chi connectivity index (χ1v) is 4.87. The van der Waals surface area contributed by atoms with Crippen molar-refractivity contribution in [2.24, 2.45) is 5.41 Å². The summed E-state index contributed by atoms with van der Waals surface area (Å²) in [4.78, 5) is 0. The highest BCUT2D eigenvalue weighted by Crippen LogP contribution is 2.35. The maximum Gasteiger partial charge on any atom is 0.134 e. The summed E-state index contributed by atoms with van der Waals surface area (Å²) in [6.45, 7) is 6.75. The van der Waals surface area contributed by atoms with Crippen LogP contribution in [-0.2, 0) is 0 Å². The molecule has 1 aromatic carbocycles. The quantitative estimate of drug-likeness (QED) is 0.760. The van der Waals surface area contributed by atoms with Gasteiger partial charge in [0.05, 0.1) is 11.7 Å². The van der Waals surface area contributed by atoms with Crippen LogP contribution in [0.4, 0.5) is 8.78 Å². The lowest BCUT2D eigenvalue weighted by atomic mass is 9.84. The molecule has 1 N–H and O–H groups in total. The van der Waals surface area contributed by atoms with Gasteiger partial charge >= 0.3 is 0 Å². The molecule has 0 radical (unpaired) electrons. The van der Waals surface area contributed by atoms with Crippen molar-refractivity contribution in [3.8, 4) is 0 Å². The summed E-state index contributed by atoms with van der Waals surface area (Å²) < 4.78 is 27.1. The third-order valence-corrected chi connectivity index (χ3v) is 2.41. The molecule has 0 aliphatic carbocycles. The highest BCUT2D eigenvalue weighted by molar-refractivity contribution is 5.29. The molecule has 15 heavy (non-hydrogen) atoms. The van der Waals surface area contributed by atoms with Gasteiger partial charge in [-0.05, 0) is 24.0 Å². The zero-order valence-corrected chi connectivity index (χ0v) is 9.44. The molecule has 0 saturated heterocycles. The van der Waals surface area contributed by atoms with Crippen LogP contribution in [0, 0.1) is 24.0 Å².